The fourth-order valence-corrected chi connectivity index (χ4v) is 3.79. The zero-order chi connectivity index (χ0) is 19.4. The summed E-state index contributed by atoms with van der Waals surface area (Å²) in [5, 5.41) is 0. The van der Waals surface area contributed by atoms with Crippen LogP contribution in [0.1, 0.15) is 19.8 Å². The lowest BCUT2D eigenvalue weighted by Crippen LogP contribution is -2.32. The Morgan fingerprint density at radius 3 is 2.52 bits per heavy atom. The van der Waals surface area contributed by atoms with Crippen molar-refractivity contribution in [2.45, 2.75) is 24.7 Å². The van der Waals surface area contributed by atoms with Crippen molar-refractivity contribution in [2.24, 2.45) is 0 Å². The third kappa shape index (κ3) is 4.39. The number of amides is 2. The Morgan fingerprint density at radius 1 is 1.11 bits per heavy atom. The summed E-state index contributed by atoms with van der Waals surface area (Å²) in [6.45, 7) is 4.01. The highest BCUT2D eigenvalue weighted by Crippen LogP contribution is 2.24. The van der Waals surface area contributed by atoms with Crippen LogP contribution in [0.4, 0.5) is 14.9 Å². The van der Waals surface area contributed by atoms with Gasteiger partial charge in [-0.05, 0) is 42.8 Å². The molecule has 1 aliphatic heterocycles. The van der Waals surface area contributed by atoms with E-state index in [1.54, 1.807) is 21.9 Å². The first kappa shape index (κ1) is 19.2. The summed E-state index contributed by atoms with van der Waals surface area (Å²) in [6.07, 6.45) is 1.97. The number of rotatable bonds is 7. The largest absolute Gasteiger partial charge is 0.379 e. The van der Waals surface area contributed by atoms with Crippen LogP contribution in [0.5, 0.6) is 5.75 Å². The number of urea groups is 1. The molecule has 1 aliphatic rings. The first-order valence-corrected chi connectivity index (χ1v) is 10.2. The Labute approximate surface area is 158 Å². The first-order valence-electron chi connectivity index (χ1n) is 8.77. The van der Waals surface area contributed by atoms with E-state index in [4.69, 9.17) is 4.18 Å². The lowest BCUT2D eigenvalue weighted by molar-refractivity contribution is 0.220. The van der Waals surface area contributed by atoms with Gasteiger partial charge in [0.2, 0.25) is 0 Å². The van der Waals surface area contributed by atoms with E-state index in [9.17, 15) is 17.6 Å². The van der Waals surface area contributed by atoms with E-state index in [1.807, 2.05) is 0 Å². The van der Waals surface area contributed by atoms with Crippen molar-refractivity contribution in [1.29, 1.82) is 0 Å². The van der Waals surface area contributed by atoms with Crippen LogP contribution in [-0.4, -0.2) is 39.0 Å². The topological polar surface area (TPSA) is 66.9 Å². The van der Waals surface area contributed by atoms with E-state index in [2.05, 4.69) is 6.92 Å². The molecule has 0 radical (unpaired) electrons. The molecule has 0 unspecified atom stereocenters. The summed E-state index contributed by atoms with van der Waals surface area (Å²) in [7, 11) is -4.09. The van der Waals surface area contributed by atoms with Gasteiger partial charge in [-0.1, -0.05) is 19.4 Å². The van der Waals surface area contributed by atoms with Crippen molar-refractivity contribution < 1.29 is 21.8 Å². The number of nitrogens with zero attached hydrogens (tertiary/aromatic N) is 2. The minimum Gasteiger partial charge on any atom is -0.379 e. The summed E-state index contributed by atoms with van der Waals surface area (Å²) < 4.78 is 42.9. The second-order valence-electron chi connectivity index (χ2n) is 6.26. The number of hydrogen-bond acceptors (Lipinski definition) is 4. The number of hydrogen-bond donors (Lipinski definition) is 0. The van der Waals surface area contributed by atoms with Crippen molar-refractivity contribution >= 4 is 21.8 Å². The maximum Gasteiger partial charge on any atom is 0.339 e. The highest BCUT2D eigenvalue weighted by atomic mass is 32.2. The molecule has 0 N–H and O–H groups in total. The molecule has 0 aromatic heterocycles. The molecule has 6 nitrogen and oxygen atoms in total. The molecule has 3 rings (SSSR count). The molecule has 0 aliphatic carbocycles. The third-order valence-electron chi connectivity index (χ3n) is 4.32. The summed E-state index contributed by atoms with van der Waals surface area (Å²) in [5.41, 5.74) is 0.628. The molecule has 8 heteroatoms. The van der Waals surface area contributed by atoms with Crippen molar-refractivity contribution in [3.05, 3.63) is 54.3 Å². The summed E-state index contributed by atoms with van der Waals surface area (Å²) in [5.74, 6) is -0.682. The van der Waals surface area contributed by atoms with Gasteiger partial charge in [-0.15, -0.1) is 0 Å². The van der Waals surface area contributed by atoms with E-state index in [0.29, 0.717) is 18.8 Å². The van der Waals surface area contributed by atoms with Gasteiger partial charge in [-0.2, -0.15) is 8.42 Å². The Hall–Kier alpha value is -2.61. The number of carbonyl (C=O) groups is 1. The van der Waals surface area contributed by atoms with E-state index < -0.39 is 15.9 Å². The lowest BCUT2D eigenvalue weighted by atomic mass is 10.3. The van der Waals surface area contributed by atoms with Crippen LogP contribution in [-0.2, 0) is 10.1 Å². The van der Waals surface area contributed by atoms with E-state index >= 15 is 0 Å². The second-order valence-corrected chi connectivity index (χ2v) is 7.81. The molecular formula is C19H21FN2O4S. The van der Waals surface area contributed by atoms with Gasteiger partial charge in [0.1, 0.15) is 16.5 Å². The Morgan fingerprint density at radius 2 is 1.85 bits per heavy atom. The number of carbonyl (C=O) groups excluding carboxylic acids is 1. The van der Waals surface area contributed by atoms with Gasteiger partial charge in [-0.25, -0.2) is 9.18 Å². The average molecular weight is 392 g/mol. The molecule has 1 saturated heterocycles. The Bertz CT molecular complexity index is 916. The smallest absolute Gasteiger partial charge is 0.339 e. The number of anilines is 1. The molecule has 27 heavy (non-hydrogen) atoms. The Balaban J connectivity index is 1.72. The van der Waals surface area contributed by atoms with Crippen LogP contribution in [0.3, 0.4) is 0 Å². The van der Waals surface area contributed by atoms with E-state index in [0.717, 1.165) is 25.5 Å². The molecule has 1 fully saturated rings. The van der Waals surface area contributed by atoms with Crippen LogP contribution < -0.4 is 9.08 Å². The summed E-state index contributed by atoms with van der Waals surface area (Å²) >= 11 is 0. The number of unbranched alkanes of at least 4 members (excludes halogenated alkanes) is 1. The fraction of sp³-hybridized carbons (Fsp3) is 0.316. The van der Waals surface area contributed by atoms with Gasteiger partial charge in [-0.3, -0.25) is 4.90 Å². The fourth-order valence-electron chi connectivity index (χ4n) is 2.87. The summed E-state index contributed by atoms with van der Waals surface area (Å²) in [4.78, 5) is 15.8. The maximum absolute atomic E-state index is 13.2. The quantitative estimate of drug-likeness (QED) is 0.675. The van der Waals surface area contributed by atoms with Crippen molar-refractivity contribution in [3.8, 4) is 5.75 Å². The van der Waals surface area contributed by atoms with Gasteiger partial charge < -0.3 is 9.08 Å². The number of halogens is 1. The van der Waals surface area contributed by atoms with Crippen LogP contribution in [0.2, 0.25) is 0 Å². The van der Waals surface area contributed by atoms with Gasteiger partial charge in [0.05, 0.1) is 0 Å². The minimum atomic E-state index is -4.09. The standard InChI is InChI=1S/C19H21FN2O4S/c1-2-3-11-21-12-13-22(19(21)23)16-7-9-18(10-8-16)27(24,25)26-17-6-4-5-15(20)14-17/h4-10,14H,2-3,11-13H2,1H3. The predicted octanol–water partition coefficient (Wildman–Crippen LogP) is 3.64. The maximum atomic E-state index is 13.2. The van der Waals surface area contributed by atoms with Gasteiger partial charge >= 0.3 is 16.1 Å². The van der Waals surface area contributed by atoms with Gasteiger partial charge in [0.15, 0.2) is 0 Å². The molecule has 1 heterocycles. The van der Waals surface area contributed by atoms with E-state index in [-0.39, 0.29) is 16.7 Å². The molecule has 2 aromatic carbocycles. The molecule has 0 bridgehead atoms. The zero-order valence-electron chi connectivity index (χ0n) is 15.0. The zero-order valence-corrected chi connectivity index (χ0v) is 15.8. The molecule has 144 valence electrons. The molecule has 0 spiro atoms. The molecule has 0 atom stereocenters. The van der Waals surface area contributed by atoms with Crippen molar-refractivity contribution in [3.63, 3.8) is 0 Å². The van der Waals surface area contributed by atoms with Crippen LogP contribution in [0.25, 0.3) is 0 Å². The third-order valence-corrected chi connectivity index (χ3v) is 5.58. The Kier molecular flexibility index (Phi) is 5.65. The first-order chi connectivity index (χ1) is 12.9. The second kappa shape index (κ2) is 7.96. The molecule has 2 amide bonds. The molecule has 0 saturated carbocycles. The van der Waals surface area contributed by atoms with Crippen LogP contribution in [0, 0.1) is 5.82 Å². The van der Waals surface area contributed by atoms with Crippen LogP contribution >= 0.6 is 0 Å². The van der Waals surface area contributed by atoms with Crippen molar-refractivity contribution in [2.75, 3.05) is 24.5 Å². The highest BCUT2D eigenvalue weighted by molar-refractivity contribution is 7.87. The van der Waals surface area contributed by atoms with Crippen LogP contribution in [0.15, 0.2) is 53.4 Å². The summed E-state index contributed by atoms with van der Waals surface area (Å²) in [6, 6.07) is 10.8. The highest BCUT2D eigenvalue weighted by Gasteiger charge is 2.29. The average Bonchev–Trinajstić information content (AvgIpc) is 3.00. The monoisotopic (exact) mass is 392 g/mol. The predicted molar refractivity (Wildman–Crippen MR) is 99.9 cm³/mol. The molecule has 2 aromatic rings. The van der Waals surface area contributed by atoms with Gasteiger partial charge in [0.25, 0.3) is 0 Å². The number of benzene rings is 2. The normalized spacial score (nSPS) is 14.7. The minimum absolute atomic E-state index is 0.0648. The SMILES string of the molecule is CCCCN1CCN(c2ccc(S(=O)(=O)Oc3cccc(F)c3)cc2)C1=O. The van der Waals surface area contributed by atoms with Gasteiger partial charge in [0, 0.05) is 31.4 Å². The molecular weight excluding hydrogens is 371 g/mol. The van der Waals surface area contributed by atoms with Crippen molar-refractivity contribution in [1.82, 2.24) is 4.90 Å². The lowest BCUT2D eigenvalue weighted by Gasteiger charge is -2.18. The van der Waals surface area contributed by atoms with E-state index in [1.165, 1.54) is 30.3 Å².